The average Bonchev–Trinajstić information content (AvgIpc) is 2.42. The quantitative estimate of drug-likeness (QED) is 0.901. The van der Waals surface area contributed by atoms with Crippen LogP contribution in [0.5, 0.6) is 0 Å². The molecule has 2 rings (SSSR count). The molecule has 1 aromatic carbocycles. The molecule has 3 nitrogen and oxygen atoms in total. The summed E-state index contributed by atoms with van der Waals surface area (Å²) in [6.45, 7) is 4.66. The van der Waals surface area contributed by atoms with Crippen LogP contribution in [-0.2, 0) is 0 Å². The number of nitrogens with one attached hydrogen (secondary N) is 1. The molecular weight excluding hydrogens is 272 g/mol. The number of halogens is 1. The Balaban J connectivity index is 0.00000200. The fourth-order valence-electron chi connectivity index (χ4n) is 2.91. The molecule has 2 atom stereocenters. The van der Waals surface area contributed by atoms with E-state index >= 15 is 0 Å². The second-order valence-electron chi connectivity index (χ2n) is 5.68. The standard InChI is InChI=1S/C16H24N2O.ClH/c1-11-7-8-12(2)14(9-11)16(19)18-15-6-4-3-5-13(15)10-17;/h7-9,13,15H,3-6,10,17H2,1-2H3,(H,18,19);1H. The fourth-order valence-corrected chi connectivity index (χ4v) is 2.91. The van der Waals surface area contributed by atoms with Crippen molar-refractivity contribution in [3.63, 3.8) is 0 Å². The predicted octanol–water partition coefficient (Wildman–Crippen LogP) is 2.97. The number of carbonyl (C=O) groups is 1. The van der Waals surface area contributed by atoms with Crippen LogP contribution in [-0.4, -0.2) is 18.5 Å². The van der Waals surface area contributed by atoms with Gasteiger partial charge in [0.1, 0.15) is 0 Å². The molecule has 3 N–H and O–H groups in total. The summed E-state index contributed by atoms with van der Waals surface area (Å²) in [6.07, 6.45) is 4.61. The normalized spacial score (nSPS) is 21.9. The number of hydrogen-bond acceptors (Lipinski definition) is 2. The molecule has 1 aliphatic carbocycles. The van der Waals surface area contributed by atoms with Crippen molar-refractivity contribution in [1.82, 2.24) is 5.32 Å². The highest BCUT2D eigenvalue weighted by Gasteiger charge is 2.25. The molecule has 0 aliphatic heterocycles. The van der Waals surface area contributed by atoms with Gasteiger partial charge in [-0.1, -0.05) is 30.5 Å². The molecule has 1 aromatic rings. The third-order valence-corrected chi connectivity index (χ3v) is 4.17. The number of rotatable bonds is 3. The molecule has 1 fully saturated rings. The Kier molecular flexibility index (Phi) is 6.50. The maximum absolute atomic E-state index is 12.4. The number of nitrogens with two attached hydrogens (primary N) is 1. The Morgan fingerprint density at radius 3 is 2.70 bits per heavy atom. The predicted molar refractivity (Wildman–Crippen MR) is 85.4 cm³/mol. The molecule has 0 spiro atoms. The van der Waals surface area contributed by atoms with Gasteiger partial charge < -0.3 is 11.1 Å². The van der Waals surface area contributed by atoms with Crippen LogP contribution in [0.2, 0.25) is 0 Å². The molecule has 4 heteroatoms. The third kappa shape index (κ3) is 3.97. The van der Waals surface area contributed by atoms with E-state index in [1.165, 1.54) is 12.8 Å². The summed E-state index contributed by atoms with van der Waals surface area (Å²) in [5, 5.41) is 3.19. The summed E-state index contributed by atoms with van der Waals surface area (Å²) >= 11 is 0. The van der Waals surface area contributed by atoms with E-state index < -0.39 is 0 Å². The van der Waals surface area contributed by atoms with Crippen LogP contribution in [0.15, 0.2) is 18.2 Å². The minimum Gasteiger partial charge on any atom is -0.349 e. The van der Waals surface area contributed by atoms with E-state index in [2.05, 4.69) is 5.32 Å². The largest absolute Gasteiger partial charge is 0.349 e. The first-order valence-electron chi connectivity index (χ1n) is 7.20. The number of hydrogen-bond donors (Lipinski definition) is 2. The Morgan fingerprint density at radius 1 is 1.30 bits per heavy atom. The van der Waals surface area contributed by atoms with Crippen molar-refractivity contribution in [2.75, 3.05) is 6.54 Å². The summed E-state index contributed by atoms with van der Waals surface area (Å²) < 4.78 is 0. The smallest absolute Gasteiger partial charge is 0.251 e. The van der Waals surface area contributed by atoms with E-state index in [9.17, 15) is 4.79 Å². The molecule has 0 heterocycles. The molecule has 1 saturated carbocycles. The molecule has 1 aliphatic rings. The van der Waals surface area contributed by atoms with Gasteiger partial charge in [-0.2, -0.15) is 0 Å². The molecule has 2 unspecified atom stereocenters. The minimum absolute atomic E-state index is 0. The van der Waals surface area contributed by atoms with E-state index in [1.807, 2.05) is 32.0 Å². The molecule has 112 valence electrons. The van der Waals surface area contributed by atoms with Crippen molar-refractivity contribution in [2.45, 2.75) is 45.6 Å². The Morgan fingerprint density at radius 2 is 2.00 bits per heavy atom. The molecule has 0 saturated heterocycles. The third-order valence-electron chi connectivity index (χ3n) is 4.17. The van der Waals surface area contributed by atoms with Crippen molar-refractivity contribution < 1.29 is 4.79 Å². The zero-order valence-electron chi connectivity index (χ0n) is 12.3. The van der Waals surface area contributed by atoms with Crippen LogP contribution >= 0.6 is 12.4 Å². The number of benzene rings is 1. The Hall–Kier alpha value is -1.06. The average molecular weight is 297 g/mol. The van der Waals surface area contributed by atoms with Crippen LogP contribution < -0.4 is 11.1 Å². The van der Waals surface area contributed by atoms with E-state index in [4.69, 9.17) is 5.73 Å². The summed E-state index contributed by atoms with van der Waals surface area (Å²) in [7, 11) is 0. The van der Waals surface area contributed by atoms with E-state index in [-0.39, 0.29) is 24.4 Å². The van der Waals surface area contributed by atoms with Gasteiger partial charge in [-0.05, 0) is 50.8 Å². The lowest BCUT2D eigenvalue weighted by Gasteiger charge is -2.31. The van der Waals surface area contributed by atoms with Gasteiger partial charge in [0, 0.05) is 11.6 Å². The highest BCUT2D eigenvalue weighted by molar-refractivity contribution is 5.96. The van der Waals surface area contributed by atoms with Gasteiger partial charge in [-0.3, -0.25) is 4.79 Å². The van der Waals surface area contributed by atoms with Gasteiger partial charge in [-0.25, -0.2) is 0 Å². The molecule has 0 aromatic heterocycles. The van der Waals surface area contributed by atoms with Crippen LogP contribution in [0, 0.1) is 19.8 Å². The second-order valence-corrected chi connectivity index (χ2v) is 5.68. The van der Waals surface area contributed by atoms with Crippen LogP contribution in [0.25, 0.3) is 0 Å². The Labute approximate surface area is 127 Å². The van der Waals surface area contributed by atoms with Gasteiger partial charge in [0.05, 0.1) is 0 Å². The number of amides is 1. The van der Waals surface area contributed by atoms with Gasteiger partial charge in [0.15, 0.2) is 0 Å². The minimum atomic E-state index is 0. The maximum Gasteiger partial charge on any atom is 0.251 e. The van der Waals surface area contributed by atoms with Crippen LogP contribution in [0.3, 0.4) is 0 Å². The molecule has 20 heavy (non-hydrogen) atoms. The fraction of sp³-hybridized carbons (Fsp3) is 0.562. The summed E-state index contributed by atoms with van der Waals surface area (Å²) in [5.74, 6) is 0.481. The van der Waals surface area contributed by atoms with Gasteiger partial charge in [-0.15, -0.1) is 12.4 Å². The van der Waals surface area contributed by atoms with Gasteiger partial charge in [0.25, 0.3) is 5.91 Å². The van der Waals surface area contributed by atoms with Crippen molar-refractivity contribution in [3.8, 4) is 0 Å². The van der Waals surface area contributed by atoms with Gasteiger partial charge in [0.2, 0.25) is 0 Å². The number of aryl methyl sites for hydroxylation is 2. The second kappa shape index (κ2) is 7.65. The van der Waals surface area contributed by atoms with Crippen LogP contribution in [0.1, 0.15) is 47.2 Å². The SMILES string of the molecule is Cc1ccc(C)c(C(=O)NC2CCCCC2CN)c1.Cl. The first-order valence-corrected chi connectivity index (χ1v) is 7.20. The Bertz CT molecular complexity index is 462. The first-order chi connectivity index (χ1) is 9.11. The monoisotopic (exact) mass is 296 g/mol. The summed E-state index contributed by atoms with van der Waals surface area (Å²) in [5.41, 5.74) is 8.75. The van der Waals surface area contributed by atoms with Crippen molar-refractivity contribution in [3.05, 3.63) is 34.9 Å². The van der Waals surface area contributed by atoms with Crippen molar-refractivity contribution >= 4 is 18.3 Å². The summed E-state index contributed by atoms with van der Waals surface area (Å²) in [6, 6.07) is 6.25. The highest BCUT2D eigenvalue weighted by Crippen LogP contribution is 2.24. The molecular formula is C16H25ClN2O. The van der Waals surface area contributed by atoms with Crippen LogP contribution in [0.4, 0.5) is 0 Å². The van der Waals surface area contributed by atoms with E-state index in [0.29, 0.717) is 12.5 Å². The zero-order valence-corrected chi connectivity index (χ0v) is 13.1. The maximum atomic E-state index is 12.4. The lowest BCUT2D eigenvalue weighted by molar-refractivity contribution is 0.0907. The molecule has 1 amide bonds. The summed E-state index contributed by atoms with van der Waals surface area (Å²) in [4.78, 5) is 12.4. The lowest BCUT2D eigenvalue weighted by atomic mass is 9.84. The first kappa shape index (κ1) is 17.0. The molecule has 0 radical (unpaired) electrons. The van der Waals surface area contributed by atoms with E-state index in [1.54, 1.807) is 0 Å². The van der Waals surface area contributed by atoms with Crippen molar-refractivity contribution in [1.29, 1.82) is 0 Å². The lowest BCUT2D eigenvalue weighted by Crippen LogP contribution is -2.44. The molecule has 0 bridgehead atoms. The van der Waals surface area contributed by atoms with Gasteiger partial charge >= 0.3 is 0 Å². The zero-order chi connectivity index (χ0) is 13.8. The highest BCUT2D eigenvalue weighted by atomic mass is 35.5. The van der Waals surface area contributed by atoms with Crippen molar-refractivity contribution in [2.24, 2.45) is 11.7 Å². The topological polar surface area (TPSA) is 55.1 Å². The van der Waals surface area contributed by atoms with E-state index in [0.717, 1.165) is 29.5 Å². The number of carbonyl (C=O) groups excluding carboxylic acids is 1.